The fourth-order valence-corrected chi connectivity index (χ4v) is 6.23. The number of carbonyl (C=O) groups is 1. The van der Waals surface area contributed by atoms with Gasteiger partial charge >= 0.3 is 12.7 Å². The third kappa shape index (κ3) is 8.62. The molecule has 0 spiro atoms. The summed E-state index contributed by atoms with van der Waals surface area (Å²) in [6.07, 6.45) is 0.819. The van der Waals surface area contributed by atoms with Gasteiger partial charge in [-0.1, -0.05) is 24.0 Å². The Hall–Kier alpha value is -3.77. The summed E-state index contributed by atoms with van der Waals surface area (Å²) in [5.41, 5.74) is 1.49. The Morgan fingerprint density at radius 2 is 1.83 bits per heavy atom. The monoisotopic (exact) mass is 699 g/mol. The van der Waals surface area contributed by atoms with Gasteiger partial charge in [-0.25, -0.2) is 9.78 Å². The largest absolute Gasteiger partial charge is 0.591 e. The maximum atomic E-state index is 14.0. The van der Waals surface area contributed by atoms with E-state index in [1.54, 1.807) is 77.3 Å². The van der Waals surface area contributed by atoms with E-state index in [2.05, 4.69) is 30.1 Å². The first-order valence-electron chi connectivity index (χ1n) is 15.5. The zero-order chi connectivity index (χ0) is 35.8. The molecule has 0 aliphatic rings. The first-order chi connectivity index (χ1) is 22.2. The molecule has 14 heteroatoms. The summed E-state index contributed by atoms with van der Waals surface area (Å²) in [5.74, 6) is -0.0717. The highest BCUT2D eigenvalue weighted by molar-refractivity contribution is 7.91. The number of aryl methyl sites for hydroxylation is 1. The van der Waals surface area contributed by atoms with Crippen LogP contribution in [0.5, 0.6) is 5.75 Å². The normalized spacial score (nSPS) is 13.7. The Morgan fingerprint density at radius 3 is 2.42 bits per heavy atom. The standard InChI is InChI=1S/C34H43F2N5O5SSi/c1-21-17-26(45-31(35)36)27(23-13-14-40(29(21)23)32(42)46-33(2,3)4)28(39-47(43)34(5,6)7)30-38-24-12-11-22(19-37)18-25(24)41(30)20-44-15-16-48(8,9)10/h11-14,17-18,31H,15-16,20H2,1-10H3. The van der Waals surface area contributed by atoms with E-state index in [1.165, 1.54) is 16.8 Å². The fourth-order valence-electron chi connectivity index (χ4n) is 4.86. The summed E-state index contributed by atoms with van der Waals surface area (Å²) < 4.78 is 65.5. The lowest BCUT2D eigenvalue weighted by molar-refractivity contribution is -0.0499. The minimum atomic E-state index is -3.20. The van der Waals surface area contributed by atoms with Crippen LogP contribution in [0.25, 0.3) is 21.9 Å². The molecule has 48 heavy (non-hydrogen) atoms. The highest BCUT2D eigenvalue weighted by Crippen LogP contribution is 2.37. The average Bonchev–Trinajstić information content (AvgIpc) is 3.54. The van der Waals surface area contributed by atoms with E-state index in [9.17, 15) is 23.4 Å². The van der Waals surface area contributed by atoms with Crippen molar-refractivity contribution in [1.29, 1.82) is 5.26 Å². The molecular weight excluding hydrogens is 657 g/mol. The predicted molar refractivity (Wildman–Crippen MR) is 187 cm³/mol. The molecule has 258 valence electrons. The van der Waals surface area contributed by atoms with Crippen molar-refractivity contribution in [2.45, 2.75) is 97.8 Å². The number of nitriles is 1. The maximum absolute atomic E-state index is 14.0. The molecular formula is C34H43F2N5O5SSi. The summed E-state index contributed by atoms with van der Waals surface area (Å²) in [7, 11) is -1.44. The second-order valence-corrected chi connectivity index (χ2v) is 22.2. The Balaban J connectivity index is 2.08. The Morgan fingerprint density at radius 1 is 1.15 bits per heavy atom. The topological polar surface area (TPSA) is 127 Å². The van der Waals surface area contributed by atoms with E-state index in [-0.39, 0.29) is 29.6 Å². The molecule has 4 rings (SSSR count). The maximum Gasteiger partial charge on any atom is 0.419 e. The van der Waals surface area contributed by atoms with Gasteiger partial charge in [0.25, 0.3) is 0 Å². The molecule has 0 aliphatic heterocycles. The SMILES string of the molecule is Cc1cc(OC(F)F)c(C(=N[S+]([O-])C(C)(C)C)c2nc3ccc(C#N)cc3n2COCC[Si](C)(C)C)c2ccn(C(=O)OC(C)(C)C)c12. The highest BCUT2D eigenvalue weighted by Gasteiger charge is 2.33. The van der Waals surface area contributed by atoms with Crippen molar-refractivity contribution in [1.82, 2.24) is 14.1 Å². The number of benzene rings is 2. The molecule has 0 N–H and O–H groups in total. The molecule has 0 aliphatic carbocycles. The number of aromatic nitrogens is 3. The molecule has 10 nitrogen and oxygen atoms in total. The number of hydrogen-bond acceptors (Lipinski definition) is 8. The number of rotatable bonds is 10. The zero-order valence-electron chi connectivity index (χ0n) is 29.1. The molecule has 0 saturated carbocycles. The van der Waals surface area contributed by atoms with Crippen LogP contribution in [0.15, 0.2) is 40.9 Å². The smallest absolute Gasteiger partial charge is 0.419 e. The van der Waals surface area contributed by atoms with Gasteiger partial charge in [-0.2, -0.15) is 14.0 Å². The number of carbonyl (C=O) groups excluding carboxylic acids is 1. The number of alkyl halides is 2. The number of halogens is 2. The second kappa shape index (κ2) is 14.0. The first-order valence-corrected chi connectivity index (χ1v) is 20.3. The van der Waals surface area contributed by atoms with Crippen LogP contribution >= 0.6 is 0 Å². The summed E-state index contributed by atoms with van der Waals surface area (Å²) >= 11 is -1.90. The summed E-state index contributed by atoms with van der Waals surface area (Å²) in [6.45, 7) is 16.1. The van der Waals surface area contributed by atoms with Crippen LogP contribution in [0.4, 0.5) is 13.6 Å². The summed E-state index contributed by atoms with van der Waals surface area (Å²) in [5, 5.41) is 10.0. The summed E-state index contributed by atoms with van der Waals surface area (Å²) in [4.78, 5) is 18.2. The van der Waals surface area contributed by atoms with Crippen molar-refractivity contribution >= 4 is 53.2 Å². The molecule has 0 fully saturated rings. The van der Waals surface area contributed by atoms with Gasteiger partial charge in [-0.15, -0.1) is 0 Å². The van der Waals surface area contributed by atoms with E-state index >= 15 is 0 Å². The van der Waals surface area contributed by atoms with Crippen molar-refractivity contribution in [2.75, 3.05) is 6.61 Å². The Labute approximate surface area is 284 Å². The minimum Gasteiger partial charge on any atom is -0.591 e. The van der Waals surface area contributed by atoms with Crippen LogP contribution < -0.4 is 4.74 Å². The van der Waals surface area contributed by atoms with E-state index < -0.39 is 42.5 Å². The van der Waals surface area contributed by atoms with Gasteiger partial charge in [0, 0.05) is 26.3 Å². The molecule has 4 aromatic rings. The highest BCUT2D eigenvalue weighted by atomic mass is 32.2. The van der Waals surface area contributed by atoms with Crippen LogP contribution in [0.3, 0.4) is 0 Å². The van der Waals surface area contributed by atoms with Gasteiger partial charge < -0.3 is 18.8 Å². The van der Waals surface area contributed by atoms with E-state index in [4.69, 9.17) is 19.2 Å². The molecule has 0 saturated heterocycles. The van der Waals surface area contributed by atoms with Crippen molar-refractivity contribution in [3.05, 3.63) is 59.0 Å². The third-order valence-electron chi connectivity index (χ3n) is 7.17. The number of hydrogen-bond donors (Lipinski definition) is 0. The van der Waals surface area contributed by atoms with Crippen molar-refractivity contribution in [3.8, 4) is 11.8 Å². The lowest BCUT2D eigenvalue weighted by Gasteiger charge is -2.22. The number of fused-ring (bicyclic) bond motifs is 2. The number of ether oxygens (including phenoxy) is 3. The molecule has 0 radical (unpaired) electrons. The average molecular weight is 700 g/mol. The molecule has 2 aromatic carbocycles. The van der Waals surface area contributed by atoms with Crippen molar-refractivity contribution in [2.24, 2.45) is 4.40 Å². The van der Waals surface area contributed by atoms with Gasteiger partial charge in [0.2, 0.25) is 0 Å². The van der Waals surface area contributed by atoms with Crippen LogP contribution in [0, 0.1) is 18.3 Å². The first kappa shape index (κ1) is 37.1. The molecule has 0 amide bonds. The lowest BCUT2D eigenvalue weighted by Crippen LogP contribution is -2.28. The Kier molecular flexibility index (Phi) is 10.8. The molecule has 0 bridgehead atoms. The molecule has 2 aromatic heterocycles. The second-order valence-electron chi connectivity index (χ2n) is 14.7. The van der Waals surface area contributed by atoms with Gasteiger partial charge in [0.05, 0.1) is 33.7 Å². The molecule has 1 atom stereocenters. The van der Waals surface area contributed by atoms with Crippen LogP contribution in [0.1, 0.15) is 64.1 Å². The van der Waals surface area contributed by atoms with E-state index in [1.807, 2.05) is 0 Å². The van der Waals surface area contributed by atoms with Crippen LogP contribution in [-0.2, 0) is 27.6 Å². The molecule has 1 unspecified atom stereocenters. The number of imidazole rings is 1. The quantitative estimate of drug-likeness (QED) is 0.0707. The lowest BCUT2D eigenvalue weighted by atomic mass is 10.00. The van der Waals surface area contributed by atoms with Gasteiger partial charge in [0.15, 0.2) is 11.5 Å². The van der Waals surface area contributed by atoms with E-state index in [0.29, 0.717) is 39.7 Å². The van der Waals surface area contributed by atoms with Crippen molar-refractivity contribution < 1.29 is 32.3 Å². The molecule has 2 heterocycles. The van der Waals surface area contributed by atoms with Crippen LogP contribution in [-0.4, -0.2) is 62.1 Å². The predicted octanol–water partition coefficient (Wildman–Crippen LogP) is 8.17. The fraction of sp³-hybridized carbons (Fsp3) is 0.471. The summed E-state index contributed by atoms with van der Waals surface area (Å²) in [6, 6.07) is 11.0. The van der Waals surface area contributed by atoms with Crippen LogP contribution in [0.2, 0.25) is 25.7 Å². The minimum absolute atomic E-state index is 0.00523. The van der Waals surface area contributed by atoms with Crippen molar-refractivity contribution in [3.63, 3.8) is 0 Å². The van der Waals surface area contributed by atoms with E-state index in [0.717, 1.165) is 6.04 Å². The number of nitrogens with zero attached hydrogens (tertiary/aromatic N) is 5. The zero-order valence-corrected chi connectivity index (χ0v) is 30.9. The Bertz CT molecular complexity index is 1890. The van der Waals surface area contributed by atoms with Gasteiger partial charge in [-0.05, 0) is 90.4 Å². The van der Waals surface area contributed by atoms with Gasteiger partial charge in [0.1, 0.15) is 34.2 Å². The van der Waals surface area contributed by atoms with Gasteiger partial charge in [-0.3, -0.25) is 9.13 Å². The third-order valence-corrected chi connectivity index (χ3v) is 10.3.